The summed E-state index contributed by atoms with van der Waals surface area (Å²) >= 11 is 0. The molecule has 0 aromatic carbocycles. The molecule has 0 aliphatic rings. The summed E-state index contributed by atoms with van der Waals surface area (Å²) in [4.78, 5) is 4.45. The van der Waals surface area contributed by atoms with Crippen LogP contribution < -0.4 is 0 Å². The van der Waals surface area contributed by atoms with E-state index in [0.717, 1.165) is 5.69 Å². The molecule has 1 aromatic rings. The van der Waals surface area contributed by atoms with Gasteiger partial charge in [0.15, 0.2) is 0 Å². The highest BCUT2D eigenvalue weighted by Crippen LogP contribution is 2.20. The molecule has 1 heteroatoms. The number of pyridine rings is 1. The fraction of sp³-hybridized carbons (Fsp3) is 0.267. The van der Waals surface area contributed by atoms with Gasteiger partial charge in [0.1, 0.15) is 0 Å². The van der Waals surface area contributed by atoms with Crippen molar-refractivity contribution in [2.45, 2.75) is 27.7 Å². The SMILES string of the molecule is C\C=C/C=C(C)\C(=C/C)c1ccc(C)cn1. The van der Waals surface area contributed by atoms with Crippen LogP contribution in [0, 0.1) is 6.92 Å². The van der Waals surface area contributed by atoms with E-state index in [1.165, 1.54) is 16.7 Å². The van der Waals surface area contributed by atoms with Gasteiger partial charge < -0.3 is 0 Å². The molecule has 0 bridgehead atoms. The Morgan fingerprint density at radius 3 is 2.50 bits per heavy atom. The standard InChI is InChI=1S/C15H19N/c1-5-7-8-13(4)14(6-2)15-10-9-12(3)11-16-15/h5-11H,1-4H3/b7-5-,13-8-,14-6+. The first-order valence-corrected chi connectivity index (χ1v) is 5.58. The minimum absolute atomic E-state index is 1.03. The molecule has 0 amide bonds. The molecule has 0 saturated heterocycles. The summed E-state index contributed by atoms with van der Waals surface area (Å²) in [5.41, 5.74) is 4.65. The van der Waals surface area contributed by atoms with E-state index in [1.807, 2.05) is 32.2 Å². The second-order valence-corrected chi connectivity index (χ2v) is 3.80. The van der Waals surface area contributed by atoms with Crippen molar-refractivity contribution in [1.29, 1.82) is 0 Å². The van der Waals surface area contributed by atoms with Crippen molar-refractivity contribution in [1.82, 2.24) is 4.98 Å². The monoisotopic (exact) mass is 213 g/mol. The summed E-state index contributed by atoms with van der Waals surface area (Å²) in [6.45, 7) is 8.22. The lowest BCUT2D eigenvalue weighted by atomic mass is 10.0. The molecular formula is C15H19N. The van der Waals surface area contributed by atoms with E-state index >= 15 is 0 Å². The van der Waals surface area contributed by atoms with Gasteiger partial charge in [0.2, 0.25) is 0 Å². The fourth-order valence-corrected chi connectivity index (χ4v) is 1.54. The minimum Gasteiger partial charge on any atom is -0.256 e. The first-order chi connectivity index (χ1) is 7.69. The zero-order valence-electron chi connectivity index (χ0n) is 10.5. The van der Waals surface area contributed by atoms with E-state index in [2.05, 4.69) is 43.1 Å². The maximum absolute atomic E-state index is 4.45. The number of aromatic nitrogens is 1. The molecule has 1 aromatic heterocycles. The van der Waals surface area contributed by atoms with Gasteiger partial charge in [0.25, 0.3) is 0 Å². The predicted molar refractivity (Wildman–Crippen MR) is 71.2 cm³/mol. The zero-order chi connectivity index (χ0) is 12.0. The Morgan fingerprint density at radius 1 is 1.25 bits per heavy atom. The van der Waals surface area contributed by atoms with E-state index < -0.39 is 0 Å². The lowest BCUT2D eigenvalue weighted by Gasteiger charge is -2.06. The van der Waals surface area contributed by atoms with Crippen LogP contribution in [0.5, 0.6) is 0 Å². The van der Waals surface area contributed by atoms with Crippen LogP contribution in [0.3, 0.4) is 0 Å². The van der Waals surface area contributed by atoms with Crippen molar-refractivity contribution < 1.29 is 0 Å². The number of rotatable bonds is 3. The molecule has 1 heterocycles. The Balaban J connectivity index is 3.04. The molecule has 16 heavy (non-hydrogen) atoms. The number of aryl methyl sites for hydroxylation is 1. The largest absolute Gasteiger partial charge is 0.256 e. The van der Waals surface area contributed by atoms with Gasteiger partial charge in [-0.15, -0.1) is 0 Å². The highest BCUT2D eigenvalue weighted by atomic mass is 14.7. The summed E-state index contributed by atoms with van der Waals surface area (Å²) in [6.07, 6.45) is 10.2. The zero-order valence-corrected chi connectivity index (χ0v) is 10.5. The van der Waals surface area contributed by atoms with Crippen LogP contribution in [0.2, 0.25) is 0 Å². The Bertz CT molecular complexity index is 419. The third kappa shape index (κ3) is 3.20. The van der Waals surface area contributed by atoms with E-state index in [1.54, 1.807) is 0 Å². The number of nitrogens with zero attached hydrogens (tertiary/aromatic N) is 1. The highest BCUT2D eigenvalue weighted by Gasteiger charge is 2.02. The quantitative estimate of drug-likeness (QED) is 0.681. The third-order valence-corrected chi connectivity index (χ3v) is 2.44. The molecule has 0 unspecified atom stereocenters. The molecule has 0 fully saturated rings. The average Bonchev–Trinajstić information content (AvgIpc) is 2.30. The molecule has 0 saturated carbocycles. The first-order valence-electron chi connectivity index (χ1n) is 5.58. The predicted octanol–water partition coefficient (Wildman–Crippen LogP) is 4.32. The van der Waals surface area contributed by atoms with Crippen molar-refractivity contribution in [2.24, 2.45) is 0 Å². The van der Waals surface area contributed by atoms with Gasteiger partial charge in [-0.2, -0.15) is 0 Å². The van der Waals surface area contributed by atoms with Crippen molar-refractivity contribution in [3.05, 3.63) is 59.5 Å². The molecule has 1 rings (SSSR count). The molecule has 0 aliphatic heterocycles. The van der Waals surface area contributed by atoms with Crippen LogP contribution in [-0.4, -0.2) is 4.98 Å². The molecular weight excluding hydrogens is 194 g/mol. The smallest absolute Gasteiger partial charge is 0.0701 e. The van der Waals surface area contributed by atoms with Gasteiger partial charge in [0, 0.05) is 6.20 Å². The molecule has 0 N–H and O–H groups in total. The summed E-state index contributed by atoms with van der Waals surface area (Å²) in [7, 11) is 0. The normalized spacial score (nSPS) is 13.5. The number of hydrogen-bond donors (Lipinski definition) is 0. The van der Waals surface area contributed by atoms with Crippen molar-refractivity contribution >= 4 is 5.57 Å². The van der Waals surface area contributed by atoms with Crippen LogP contribution >= 0.6 is 0 Å². The lowest BCUT2D eigenvalue weighted by Crippen LogP contribution is -1.91. The Kier molecular flexibility index (Phi) is 4.71. The number of hydrogen-bond acceptors (Lipinski definition) is 1. The highest BCUT2D eigenvalue weighted by molar-refractivity contribution is 5.76. The van der Waals surface area contributed by atoms with Crippen LogP contribution in [0.4, 0.5) is 0 Å². The fourth-order valence-electron chi connectivity index (χ4n) is 1.54. The van der Waals surface area contributed by atoms with Crippen molar-refractivity contribution in [2.75, 3.05) is 0 Å². The second-order valence-electron chi connectivity index (χ2n) is 3.80. The topological polar surface area (TPSA) is 12.9 Å². The summed E-state index contributed by atoms with van der Waals surface area (Å²) < 4.78 is 0. The number of allylic oxidation sites excluding steroid dienone is 6. The second kappa shape index (κ2) is 6.06. The Hall–Kier alpha value is -1.63. The summed E-state index contributed by atoms with van der Waals surface area (Å²) in [5.74, 6) is 0. The van der Waals surface area contributed by atoms with Gasteiger partial charge in [-0.3, -0.25) is 4.98 Å². The van der Waals surface area contributed by atoms with Gasteiger partial charge in [-0.25, -0.2) is 0 Å². The Morgan fingerprint density at radius 2 is 2.00 bits per heavy atom. The average molecular weight is 213 g/mol. The molecule has 0 aliphatic carbocycles. The van der Waals surface area contributed by atoms with Gasteiger partial charge >= 0.3 is 0 Å². The van der Waals surface area contributed by atoms with Crippen LogP contribution in [0.25, 0.3) is 5.57 Å². The van der Waals surface area contributed by atoms with Gasteiger partial charge in [-0.1, -0.05) is 30.4 Å². The molecule has 0 atom stereocenters. The van der Waals surface area contributed by atoms with E-state index in [4.69, 9.17) is 0 Å². The molecule has 84 valence electrons. The maximum atomic E-state index is 4.45. The van der Waals surface area contributed by atoms with E-state index in [-0.39, 0.29) is 0 Å². The van der Waals surface area contributed by atoms with Crippen molar-refractivity contribution in [3.8, 4) is 0 Å². The third-order valence-electron chi connectivity index (χ3n) is 2.44. The minimum atomic E-state index is 1.03. The van der Waals surface area contributed by atoms with Crippen LogP contribution in [0.15, 0.2) is 48.2 Å². The Labute approximate surface area is 98.2 Å². The molecule has 1 nitrogen and oxygen atoms in total. The van der Waals surface area contributed by atoms with Crippen LogP contribution in [0.1, 0.15) is 32.0 Å². The molecule has 0 radical (unpaired) electrons. The lowest BCUT2D eigenvalue weighted by molar-refractivity contribution is 1.22. The molecule has 0 spiro atoms. The van der Waals surface area contributed by atoms with Gasteiger partial charge in [0.05, 0.1) is 5.69 Å². The van der Waals surface area contributed by atoms with E-state index in [9.17, 15) is 0 Å². The summed E-state index contributed by atoms with van der Waals surface area (Å²) in [5, 5.41) is 0. The maximum Gasteiger partial charge on any atom is 0.0701 e. The summed E-state index contributed by atoms with van der Waals surface area (Å²) in [6, 6.07) is 4.16. The van der Waals surface area contributed by atoms with Gasteiger partial charge in [-0.05, 0) is 50.5 Å². The van der Waals surface area contributed by atoms with E-state index in [0.29, 0.717) is 0 Å². The van der Waals surface area contributed by atoms with Crippen LogP contribution in [-0.2, 0) is 0 Å². The first kappa shape index (κ1) is 12.4. The van der Waals surface area contributed by atoms with Crippen molar-refractivity contribution in [3.63, 3.8) is 0 Å².